The van der Waals surface area contributed by atoms with Gasteiger partial charge in [0.2, 0.25) is 5.91 Å². The summed E-state index contributed by atoms with van der Waals surface area (Å²) < 4.78 is 0. The van der Waals surface area contributed by atoms with E-state index in [1.165, 1.54) is 32.6 Å². The minimum absolute atomic E-state index is 0.158. The van der Waals surface area contributed by atoms with Crippen LogP contribution in [0.5, 0.6) is 0 Å². The van der Waals surface area contributed by atoms with Crippen molar-refractivity contribution in [1.29, 1.82) is 0 Å². The zero-order valence-electron chi connectivity index (χ0n) is 13.4. The largest absolute Gasteiger partial charge is 0.344 e. The number of rotatable bonds is 10. The van der Waals surface area contributed by atoms with Gasteiger partial charge in [0.25, 0.3) is 5.91 Å². The summed E-state index contributed by atoms with van der Waals surface area (Å²) in [6.45, 7) is 4.91. The summed E-state index contributed by atoms with van der Waals surface area (Å²) in [5, 5.41) is 2.57. The van der Waals surface area contributed by atoms with Crippen molar-refractivity contribution in [3.8, 4) is 0 Å². The summed E-state index contributed by atoms with van der Waals surface area (Å²) in [5.41, 5.74) is 1.98. The second kappa shape index (κ2) is 12.2. The summed E-state index contributed by atoms with van der Waals surface area (Å²) in [6.07, 6.45) is 8.41. The molecule has 0 aromatic carbocycles. The number of unbranched alkanes of at least 4 members (excludes halogenated alkanes) is 6. The predicted molar refractivity (Wildman–Crippen MR) is 80.1 cm³/mol. The van der Waals surface area contributed by atoms with Crippen LogP contribution in [0.15, 0.2) is 0 Å². The van der Waals surface area contributed by atoms with E-state index in [4.69, 9.17) is 0 Å². The van der Waals surface area contributed by atoms with Crippen molar-refractivity contribution in [3.63, 3.8) is 0 Å². The van der Waals surface area contributed by atoms with E-state index in [0.29, 0.717) is 6.42 Å². The van der Waals surface area contributed by atoms with E-state index in [-0.39, 0.29) is 5.91 Å². The molecule has 0 fully saturated rings. The van der Waals surface area contributed by atoms with E-state index >= 15 is 0 Å². The summed E-state index contributed by atoms with van der Waals surface area (Å²) in [4.78, 5) is 38.0. The Hall–Kier alpha value is -1.59. The number of amides is 2. The lowest BCUT2D eigenvalue weighted by atomic mass is 10.1. The first-order chi connectivity index (χ1) is 9.97. The third-order valence-corrected chi connectivity index (χ3v) is 3.07. The fourth-order valence-electron chi connectivity index (χ4n) is 1.83. The first-order valence-corrected chi connectivity index (χ1v) is 7.74. The summed E-state index contributed by atoms with van der Waals surface area (Å²) in [5.74, 6) is -1.31. The first kappa shape index (κ1) is 19.4. The van der Waals surface area contributed by atoms with Gasteiger partial charge in [-0.3, -0.25) is 14.4 Å². The molecule has 0 heterocycles. The van der Waals surface area contributed by atoms with Crippen molar-refractivity contribution < 1.29 is 19.2 Å². The summed E-state index contributed by atoms with van der Waals surface area (Å²) in [6, 6.07) is -0.721. The van der Waals surface area contributed by atoms with Gasteiger partial charge in [-0.2, -0.15) is 5.48 Å². The van der Waals surface area contributed by atoms with Crippen molar-refractivity contribution >= 4 is 17.8 Å². The molecule has 0 bridgehead atoms. The van der Waals surface area contributed by atoms with Gasteiger partial charge in [-0.15, -0.1) is 0 Å². The number of nitrogens with one attached hydrogen (secondary N) is 2. The zero-order valence-corrected chi connectivity index (χ0v) is 13.4. The number of hydroxylamine groups is 1. The molecule has 0 aromatic heterocycles. The molecule has 0 rings (SSSR count). The van der Waals surface area contributed by atoms with Crippen LogP contribution in [-0.4, -0.2) is 23.8 Å². The van der Waals surface area contributed by atoms with E-state index in [1.54, 1.807) is 6.92 Å². The third kappa shape index (κ3) is 11.9. The Labute approximate surface area is 127 Å². The highest BCUT2D eigenvalue weighted by atomic mass is 16.7. The van der Waals surface area contributed by atoms with Gasteiger partial charge in [0.15, 0.2) is 0 Å². The lowest BCUT2D eigenvalue weighted by Crippen LogP contribution is -2.45. The smallest absolute Gasteiger partial charge is 0.329 e. The molecule has 21 heavy (non-hydrogen) atoms. The van der Waals surface area contributed by atoms with Gasteiger partial charge in [0.1, 0.15) is 6.04 Å². The van der Waals surface area contributed by atoms with E-state index in [0.717, 1.165) is 19.3 Å². The normalized spacial score (nSPS) is 11.6. The zero-order chi connectivity index (χ0) is 16.1. The molecule has 0 aliphatic carbocycles. The van der Waals surface area contributed by atoms with Gasteiger partial charge in [-0.05, 0) is 13.3 Å². The number of hydrogen-bond acceptors (Lipinski definition) is 4. The fourth-order valence-corrected chi connectivity index (χ4v) is 1.83. The van der Waals surface area contributed by atoms with Crippen molar-refractivity contribution in [2.75, 3.05) is 0 Å². The first-order valence-electron chi connectivity index (χ1n) is 7.74. The van der Waals surface area contributed by atoms with Gasteiger partial charge in [-0.1, -0.05) is 45.4 Å². The summed E-state index contributed by atoms with van der Waals surface area (Å²) >= 11 is 0. The standard InChI is InChI=1S/C15H28N2O4/c1-4-5-6-7-8-9-10-11-14(19)16-12(2)15(20)17-21-13(3)18/h12H,4-11H2,1-3H3,(H,16,19)(H,17,20). The Morgan fingerprint density at radius 1 is 1.00 bits per heavy atom. The Kier molecular flexibility index (Phi) is 11.3. The van der Waals surface area contributed by atoms with E-state index in [9.17, 15) is 14.4 Å². The van der Waals surface area contributed by atoms with Crippen LogP contribution < -0.4 is 10.8 Å². The van der Waals surface area contributed by atoms with Crippen LogP contribution in [0.4, 0.5) is 0 Å². The van der Waals surface area contributed by atoms with Gasteiger partial charge >= 0.3 is 5.97 Å². The van der Waals surface area contributed by atoms with Gasteiger partial charge < -0.3 is 10.2 Å². The van der Waals surface area contributed by atoms with E-state index < -0.39 is 17.9 Å². The average Bonchev–Trinajstić information content (AvgIpc) is 2.43. The molecule has 0 saturated heterocycles. The second-order valence-corrected chi connectivity index (χ2v) is 5.22. The fraction of sp³-hybridized carbons (Fsp3) is 0.800. The quantitative estimate of drug-likeness (QED) is 0.478. The lowest BCUT2D eigenvalue weighted by Gasteiger charge is -2.13. The van der Waals surface area contributed by atoms with Crippen LogP contribution in [-0.2, 0) is 19.2 Å². The minimum Gasteiger partial charge on any atom is -0.344 e. The molecule has 6 nitrogen and oxygen atoms in total. The molecular formula is C15H28N2O4. The Morgan fingerprint density at radius 2 is 1.57 bits per heavy atom. The molecular weight excluding hydrogens is 272 g/mol. The van der Waals surface area contributed by atoms with Crippen molar-refractivity contribution in [2.45, 2.75) is 78.2 Å². The maximum atomic E-state index is 11.6. The Bertz CT molecular complexity index is 332. The molecule has 0 aromatic rings. The highest BCUT2D eigenvalue weighted by Gasteiger charge is 2.16. The Balaban J connectivity index is 3.64. The minimum atomic E-state index is -0.721. The van der Waals surface area contributed by atoms with Crippen LogP contribution in [0.25, 0.3) is 0 Å². The molecule has 2 amide bonds. The maximum absolute atomic E-state index is 11.6. The van der Waals surface area contributed by atoms with Gasteiger partial charge in [-0.25, -0.2) is 0 Å². The monoisotopic (exact) mass is 300 g/mol. The number of carbonyl (C=O) groups excluding carboxylic acids is 3. The Morgan fingerprint density at radius 3 is 2.14 bits per heavy atom. The van der Waals surface area contributed by atoms with E-state index in [2.05, 4.69) is 17.1 Å². The SMILES string of the molecule is CCCCCCCCCC(=O)NC(C)C(=O)NOC(C)=O. The van der Waals surface area contributed by atoms with Crippen LogP contribution >= 0.6 is 0 Å². The summed E-state index contributed by atoms with van der Waals surface area (Å²) in [7, 11) is 0. The lowest BCUT2D eigenvalue weighted by molar-refractivity contribution is -0.156. The molecule has 1 atom stereocenters. The van der Waals surface area contributed by atoms with Crippen molar-refractivity contribution in [2.24, 2.45) is 0 Å². The molecule has 0 aliphatic heterocycles. The third-order valence-electron chi connectivity index (χ3n) is 3.07. The molecule has 1 unspecified atom stereocenters. The highest BCUT2D eigenvalue weighted by Crippen LogP contribution is 2.08. The molecule has 0 saturated carbocycles. The van der Waals surface area contributed by atoms with E-state index in [1.807, 2.05) is 5.48 Å². The topological polar surface area (TPSA) is 84.5 Å². The van der Waals surface area contributed by atoms with Gasteiger partial charge in [0.05, 0.1) is 0 Å². The molecule has 0 aliphatic rings. The highest BCUT2D eigenvalue weighted by molar-refractivity contribution is 5.87. The predicted octanol–water partition coefficient (Wildman–Crippen LogP) is 2.23. The van der Waals surface area contributed by atoms with Crippen molar-refractivity contribution in [1.82, 2.24) is 10.8 Å². The molecule has 2 N–H and O–H groups in total. The van der Waals surface area contributed by atoms with Crippen LogP contribution in [0.3, 0.4) is 0 Å². The van der Waals surface area contributed by atoms with Crippen molar-refractivity contribution in [3.05, 3.63) is 0 Å². The van der Waals surface area contributed by atoms with Crippen LogP contribution in [0.2, 0.25) is 0 Å². The molecule has 0 radical (unpaired) electrons. The molecule has 0 spiro atoms. The van der Waals surface area contributed by atoms with Crippen LogP contribution in [0, 0.1) is 0 Å². The van der Waals surface area contributed by atoms with Crippen LogP contribution in [0.1, 0.15) is 72.1 Å². The average molecular weight is 300 g/mol. The second-order valence-electron chi connectivity index (χ2n) is 5.22. The maximum Gasteiger partial charge on any atom is 0.329 e. The molecule has 122 valence electrons. The number of hydrogen-bond donors (Lipinski definition) is 2. The number of carbonyl (C=O) groups is 3. The van der Waals surface area contributed by atoms with Gasteiger partial charge in [0, 0.05) is 13.3 Å². The molecule has 6 heteroatoms.